The Kier molecular flexibility index (Phi) is 8.93. The maximum Gasteiger partial charge on any atom is 0.410 e. The molecule has 2 heterocycles. The first-order chi connectivity index (χ1) is 18.8. The Hall–Kier alpha value is -3.33. The summed E-state index contributed by atoms with van der Waals surface area (Å²) in [6, 6.07) is 13.9. The first kappa shape index (κ1) is 29.6. The molecule has 9 heteroatoms. The summed E-state index contributed by atoms with van der Waals surface area (Å²) in [6.45, 7) is 11.2. The van der Waals surface area contributed by atoms with Crippen LogP contribution in [0.5, 0.6) is 0 Å². The van der Waals surface area contributed by atoms with Crippen LogP contribution in [0.15, 0.2) is 46.9 Å². The second-order valence-corrected chi connectivity index (χ2v) is 12.7. The number of rotatable bonds is 7. The van der Waals surface area contributed by atoms with E-state index in [-0.39, 0.29) is 24.5 Å². The smallest absolute Gasteiger partial charge is 0.410 e. The summed E-state index contributed by atoms with van der Waals surface area (Å²) in [6.07, 6.45) is 0.547. The molecular weight excluding hydrogens is 574 g/mol. The quantitative estimate of drug-likeness (QED) is 0.325. The number of ether oxygens (including phenoxy) is 1. The highest BCUT2D eigenvalue weighted by Gasteiger charge is 2.30. The number of likely N-dealkylation sites (tertiary alicyclic amines) is 1. The predicted octanol–water partition coefficient (Wildman–Crippen LogP) is 6.33. The molecule has 1 aliphatic heterocycles. The largest absolute Gasteiger partial charge is 0.481 e. The number of carbonyl (C=O) groups is 3. The van der Waals surface area contributed by atoms with Crippen LogP contribution < -0.4 is 5.32 Å². The Morgan fingerprint density at radius 1 is 1.07 bits per heavy atom. The van der Waals surface area contributed by atoms with Crippen LogP contribution in [0.25, 0.3) is 10.9 Å². The van der Waals surface area contributed by atoms with Crippen LogP contribution >= 0.6 is 15.9 Å². The van der Waals surface area contributed by atoms with Crippen molar-refractivity contribution in [2.75, 3.05) is 13.1 Å². The van der Waals surface area contributed by atoms with E-state index in [1.807, 2.05) is 43.5 Å². The lowest BCUT2D eigenvalue weighted by atomic mass is 10.0. The number of carbonyl (C=O) groups excluding carboxylic acids is 2. The van der Waals surface area contributed by atoms with Gasteiger partial charge in [0.25, 0.3) is 5.91 Å². The molecule has 8 nitrogen and oxygen atoms in total. The number of halogens is 1. The van der Waals surface area contributed by atoms with Crippen LogP contribution in [0.3, 0.4) is 0 Å². The summed E-state index contributed by atoms with van der Waals surface area (Å²) in [5.41, 5.74) is 3.33. The molecule has 4 rings (SSSR count). The molecule has 2 aromatic carbocycles. The minimum Gasteiger partial charge on any atom is -0.481 e. The fourth-order valence-corrected chi connectivity index (χ4v) is 5.49. The van der Waals surface area contributed by atoms with Crippen molar-refractivity contribution in [2.45, 2.75) is 78.0 Å². The number of nitrogens with zero attached hydrogens (tertiary/aromatic N) is 2. The van der Waals surface area contributed by atoms with E-state index in [9.17, 15) is 19.5 Å². The molecule has 214 valence electrons. The predicted molar refractivity (Wildman–Crippen MR) is 159 cm³/mol. The van der Waals surface area contributed by atoms with E-state index in [1.165, 1.54) is 5.56 Å². The molecule has 0 spiro atoms. The van der Waals surface area contributed by atoms with Gasteiger partial charge in [-0.25, -0.2) is 4.79 Å². The molecular formula is C31H38BrN3O5. The number of nitrogens with one attached hydrogen (secondary N) is 1. The van der Waals surface area contributed by atoms with Gasteiger partial charge in [-0.2, -0.15) is 0 Å². The number of aliphatic carboxylic acids is 1. The number of carboxylic acid groups (broad SMARTS) is 1. The van der Waals surface area contributed by atoms with Crippen molar-refractivity contribution in [3.63, 3.8) is 0 Å². The molecule has 0 aliphatic carbocycles. The van der Waals surface area contributed by atoms with E-state index in [1.54, 1.807) is 4.90 Å². The fourth-order valence-electron chi connectivity index (χ4n) is 5.13. The van der Waals surface area contributed by atoms with Gasteiger partial charge < -0.3 is 24.6 Å². The minimum atomic E-state index is -1.000. The van der Waals surface area contributed by atoms with E-state index >= 15 is 0 Å². The van der Waals surface area contributed by atoms with Crippen molar-refractivity contribution in [3.8, 4) is 0 Å². The Labute approximate surface area is 243 Å². The number of aromatic nitrogens is 1. The van der Waals surface area contributed by atoms with Crippen molar-refractivity contribution in [1.29, 1.82) is 0 Å². The Morgan fingerprint density at radius 2 is 1.73 bits per heavy atom. The van der Waals surface area contributed by atoms with Gasteiger partial charge in [0.1, 0.15) is 11.3 Å². The lowest BCUT2D eigenvalue weighted by molar-refractivity contribution is -0.136. The number of piperidine rings is 1. The third kappa shape index (κ3) is 7.05. The third-order valence-electron chi connectivity index (χ3n) is 7.14. The van der Waals surface area contributed by atoms with Gasteiger partial charge in [0.05, 0.1) is 6.42 Å². The topological polar surface area (TPSA) is 101 Å². The zero-order valence-corrected chi connectivity index (χ0v) is 25.4. The lowest BCUT2D eigenvalue weighted by Crippen LogP contribution is -2.48. The Bertz CT molecular complexity index is 1400. The number of hydrogen-bond acceptors (Lipinski definition) is 4. The van der Waals surface area contributed by atoms with E-state index in [2.05, 4.69) is 59.4 Å². The molecule has 0 bridgehead atoms. The summed E-state index contributed by atoms with van der Waals surface area (Å²) in [5.74, 6) is -0.901. The summed E-state index contributed by atoms with van der Waals surface area (Å²) in [7, 11) is 0. The maximum atomic E-state index is 13.9. The van der Waals surface area contributed by atoms with Gasteiger partial charge in [-0.1, -0.05) is 54.0 Å². The van der Waals surface area contributed by atoms with E-state index in [0.29, 0.717) is 49.7 Å². The summed E-state index contributed by atoms with van der Waals surface area (Å²) in [5, 5.41) is 13.6. The highest BCUT2D eigenvalue weighted by Crippen LogP contribution is 2.31. The number of hydrogen-bond donors (Lipinski definition) is 2. The summed E-state index contributed by atoms with van der Waals surface area (Å²) in [4.78, 5) is 39.9. The minimum absolute atomic E-state index is 0.146. The van der Waals surface area contributed by atoms with Crippen molar-refractivity contribution in [3.05, 3.63) is 69.3 Å². The average molecular weight is 613 g/mol. The van der Waals surface area contributed by atoms with Crippen LogP contribution in [-0.2, 0) is 22.5 Å². The van der Waals surface area contributed by atoms with Crippen LogP contribution in [0.2, 0.25) is 0 Å². The molecule has 0 saturated carbocycles. The fraction of sp³-hybridized carbons (Fsp3) is 0.452. The van der Waals surface area contributed by atoms with Gasteiger partial charge in [0.15, 0.2) is 0 Å². The Balaban J connectivity index is 1.63. The third-order valence-corrected chi connectivity index (χ3v) is 7.64. The van der Waals surface area contributed by atoms with Gasteiger partial charge in [-0.05, 0) is 68.9 Å². The molecule has 1 fully saturated rings. The molecule has 2 amide bonds. The lowest BCUT2D eigenvalue weighted by Gasteiger charge is -2.33. The monoisotopic (exact) mass is 611 g/mol. The number of fused-ring (bicyclic) bond motifs is 1. The van der Waals surface area contributed by atoms with E-state index in [4.69, 9.17) is 4.74 Å². The molecule has 1 aromatic heterocycles. The standard InChI is InChI=1S/C31H38BrN3O5/c1-19(2)21-8-6-20(7-9-21)18-35-26-11-10-22(32)16-24(26)25(17-27(36)37)28(35)29(38)33-23-12-14-34(15-13-23)30(39)40-31(3,4)5/h6-11,16,19,23H,12-15,17-18H2,1-5H3,(H,33,38)(H,36,37). The summed E-state index contributed by atoms with van der Waals surface area (Å²) < 4.78 is 8.23. The van der Waals surface area contributed by atoms with Gasteiger partial charge in [-0.3, -0.25) is 9.59 Å². The van der Waals surface area contributed by atoms with Crippen molar-refractivity contribution in [2.24, 2.45) is 0 Å². The summed E-state index contributed by atoms with van der Waals surface area (Å²) >= 11 is 3.51. The van der Waals surface area contributed by atoms with Crippen molar-refractivity contribution in [1.82, 2.24) is 14.8 Å². The van der Waals surface area contributed by atoms with Crippen molar-refractivity contribution < 1.29 is 24.2 Å². The van der Waals surface area contributed by atoms with Crippen LogP contribution in [0, 0.1) is 0 Å². The zero-order chi connectivity index (χ0) is 29.2. The first-order valence-corrected chi connectivity index (χ1v) is 14.5. The number of carboxylic acids is 1. The average Bonchev–Trinajstić information content (AvgIpc) is 3.15. The highest BCUT2D eigenvalue weighted by atomic mass is 79.9. The van der Waals surface area contributed by atoms with Gasteiger partial charge in [0, 0.05) is 46.6 Å². The van der Waals surface area contributed by atoms with Gasteiger partial charge in [-0.15, -0.1) is 0 Å². The molecule has 0 radical (unpaired) electrons. The van der Waals surface area contributed by atoms with Gasteiger partial charge in [0.2, 0.25) is 0 Å². The second-order valence-electron chi connectivity index (χ2n) is 11.8. The van der Waals surface area contributed by atoms with Crippen molar-refractivity contribution >= 4 is 44.8 Å². The molecule has 1 saturated heterocycles. The highest BCUT2D eigenvalue weighted by molar-refractivity contribution is 9.10. The SMILES string of the molecule is CC(C)c1ccc(Cn2c(C(=O)NC3CCN(C(=O)OC(C)(C)C)CC3)c(CC(=O)O)c3cc(Br)ccc32)cc1. The first-order valence-electron chi connectivity index (χ1n) is 13.7. The van der Waals surface area contributed by atoms with E-state index < -0.39 is 11.6 Å². The number of amides is 2. The van der Waals surface area contributed by atoms with Crippen LogP contribution in [-0.4, -0.2) is 57.3 Å². The molecule has 3 aromatic rings. The number of benzene rings is 2. The molecule has 0 unspecified atom stereocenters. The molecule has 40 heavy (non-hydrogen) atoms. The zero-order valence-electron chi connectivity index (χ0n) is 23.8. The second kappa shape index (κ2) is 12.0. The van der Waals surface area contributed by atoms with Gasteiger partial charge >= 0.3 is 12.1 Å². The van der Waals surface area contributed by atoms with E-state index in [0.717, 1.165) is 20.9 Å². The molecule has 0 atom stereocenters. The molecule has 1 aliphatic rings. The normalized spacial score (nSPS) is 14.5. The maximum absolute atomic E-state index is 13.9. The Morgan fingerprint density at radius 3 is 2.30 bits per heavy atom. The van der Waals surface area contributed by atoms with Crippen LogP contribution in [0.1, 0.15) is 80.6 Å². The molecule has 2 N–H and O–H groups in total. The van der Waals surface area contributed by atoms with Crippen LogP contribution in [0.4, 0.5) is 4.79 Å².